The van der Waals surface area contributed by atoms with Crippen molar-refractivity contribution in [1.29, 1.82) is 0 Å². The topological polar surface area (TPSA) is 106 Å². The molecule has 6 rings (SSSR count). The molecule has 38 heavy (non-hydrogen) atoms. The van der Waals surface area contributed by atoms with Gasteiger partial charge >= 0.3 is 0 Å². The van der Waals surface area contributed by atoms with Crippen molar-refractivity contribution in [2.24, 2.45) is 12.8 Å². The Morgan fingerprint density at radius 1 is 0.868 bits per heavy atom. The Labute approximate surface area is 217 Å². The number of hydrogen-bond donors (Lipinski definition) is 1. The average molecular weight is 517 g/mol. The molecule has 0 saturated carbocycles. The van der Waals surface area contributed by atoms with Crippen molar-refractivity contribution in [3.8, 4) is 11.1 Å². The Hall–Kier alpha value is -4.45. The van der Waals surface area contributed by atoms with E-state index in [9.17, 15) is 8.78 Å². The number of aryl methyl sites for hydroxylation is 1. The molecule has 0 bridgehead atoms. The van der Waals surface area contributed by atoms with E-state index >= 15 is 0 Å². The van der Waals surface area contributed by atoms with E-state index in [0.717, 1.165) is 41.6 Å². The zero-order valence-corrected chi connectivity index (χ0v) is 21.0. The monoisotopic (exact) mass is 516 g/mol. The van der Waals surface area contributed by atoms with Gasteiger partial charge in [-0.15, -0.1) is 0 Å². The molecule has 1 fully saturated rings. The first-order valence-electron chi connectivity index (χ1n) is 12.2. The second-order valence-electron chi connectivity index (χ2n) is 9.62. The van der Waals surface area contributed by atoms with Gasteiger partial charge in [-0.3, -0.25) is 4.68 Å². The number of piperazine rings is 1. The molecule has 0 amide bonds. The minimum atomic E-state index is -1.21. The molecule has 0 spiro atoms. The molecule has 194 valence electrons. The molecule has 1 aromatic carbocycles. The molecule has 0 unspecified atom stereocenters. The van der Waals surface area contributed by atoms with Crippen LogP contribution in [0.3, 0.4) is 0 Å². The van der Waals surface area contributed by atoms with Gasteiger partial charge in [0.05, 0.1) is 11.7 Å². The first-order valence-corrected chi connectivity index (χ1v) is 12.2. The van der Waals surface area contributed by atoms with E-state index in [0.29, 0.717) is 24.6 Å². The van der Waals surface area contributed by atoms with Crippen molar-refractivity contribution in [3.63, 3.8) is 0 Å². The Morgan fingerprint density at radius 3 is 2.29 bits per heavy atom. The highest BCUT2D eigenvalue weighted by Crippen LogP contribution is 2.30. The number of hydrogen-bond acceptors (Lipinski definition) is 8. The highest BCUT2D eigenvalue weighted by Gasteiger charge is 2.29. The predicted octanol–water partition coefficient (Wildman–Crippen LogP) is 2.75. The zero-order chi connectivity index (χ0) is 26.4. The number of benzene rings is 1. The Balaban J connectivity index is 1.17. The van der Waals surface area contributed by atoms with Gasteiger partial charge < -0.3 is 15.5 Å². The quantitative estimate of drug-likeness (QED) is 0.380. The van der Waals surface area contributed by atoms with E-state index in [1.807, 2.05) is 30.2 Å². The van der Waals surface area contributed by atoms with Gasteiger partial charge in [-0.25, -0.2) is 28.2 Å². The maximum Gasteiger partial charge on any atom is 0.225 e. The average Bonchev–Trinajstić information content (AvgIpc) is 3.55. The van der Waals surface area contributed by atoms with E-state index in [4.69, 9.17) is 5.73 Å². The standard InChI is InChI=1S/C26H26F2N10/c1-26(29,21-4-3-20(27)10-22(21)28)19-12-30-25(31-13-19)37-7-5-36(6-8-37)24-23-9-17(15-38(23)34-16-32-24)18-11-33-35(2)14-18/h3-4,9-16H,5-8,29H2,1-2H3/t26-/m0/s1. The van der Waals surface area contributed by atoms with Crippen molar-refractivity contribution in [2.45, 2.75) is 12.5 Å². The summed E-state index contributed by atoms with van der Waals surface area (Å²) in [4.78, 5) is 17.9. The van der Waals surface area contributed by atoms with E-state index in [2.05, 4.69) is 41.0 Å². The Kier molecular flexibility index (Phi) is 5.75. The second kappa shape index (κ2) is 9.14. The number of nitrogens with two attached hydrogens (primary N) is 1. The SMILES string of the molecule is Cn1cc(-c2cc3c(N4CCN(c5ncc([C@](C)(N)c6ccc(F)cc6F)cn5)CC4)ncnn3c2)cn1. The second-order valence-corrected chi connectivity index (χ2v) is 9.62. The Morgan fingerprint density at radius 2 is 1.61 bits per heavy atom. The number of rotatable bonds is 5. The first kappa shape index (κ1) is 23.9. The van der Waals surface area contributed by atoms with Gasteiger partial charge in [0.15, 0.2) is 5.82 Å². The molecule has 1 atom stereocenters. The molecule has 12 heteroatoms. The van der Waals surface area contributed by atoms with Crippen LogP contribution in [0.1, 0.15) is 18.1 Å². The van der Waals surface area contributed by atoms with Crippen LogP contribution in [-0.4, -0.2) is 60.5 Å². The van der Waals surface area contributed by atoms with Crippen LogP contribution in [0.15, 0.2) is 61.6 Å². The third-order valence-corrected chi connectivity index (χ3v) is 7.01. The fourth-order valence-corrected chi connectivity index (χ4v) is 4.83. The summed E-state index contributed by atoms with van der Waals surface area (Å²) in [5.41, 5.74) is 8.90. The van der Waals surface area contributed by atoms with E-state index in [1.54, 1.807) is 30.3 Å². The number of aromatic nitrogens is 7. The van der Waals surface area contributed by atoms with Crippen LogP contribution in [0.2, 0.25) is 0 Å². The van der Waals surface area contributed by atoms with E-state index < -0.39 is 17.2 Å². The Bertz CT molecular complexity index is 1600. The van der Waals surface area contributed by atoms with Crippen molar-refractivity contribution >= 4 is 17.3 Å². The number of fused-ring (bicyclic) bond motifs is 1. The van der Waals surface area contributed by atoms with Gasteiger partial charge in [0, 0.05) is 86.3 Å². The number of nitrogens with zero attached hydrogens (tertiary/aromatic N) is 9. The lowest BCUT2D eigenvalue weighted by Crippen LogP contribution is -2.47. The van der Waals surface area contributed by atoms with Gasteiger partial charge in [0.2, 0.25) is 5.95 Å². The minimum Gasteiger partial charge on any atom is -0.351 e. The largest absolute Gasteiger partial charge is 0.351 e. The third kappa shape index (κ3) is 4.22. The minimum absolute atomic E-state index is 0.178. The highest BCUT2D eigenvalue weighted by atomic mass is 19.1. The van der Waals surface area contributed by atoms with Crippen LogP contribution >= 0.6 is 0 Å². The van der Waals surface area contributed by atoms with Crippen LogP contribution in [0.25, 0.3) is 16.6 Å². The fourth-order valence-electron chi connectivity index (χ4n) is 4.83. The molecule has 1 aliphatic heterocycles. The summed E-state index contributed by atoms with van der Waals surface area (Å²) in [6.45, 7) is 4.49. The van der Waals surface area contributed by atoms with Gasteiger partial charge in [-0.05, 0) is 19.1 Å². The smallest absolute Gasteiger partial charge is 0.225 e. The molecule has 1 aliphatic rings. The van der Waals surface area contributed by atoms with Gasteiger partial charge in [0.1, 0.15) is 23.5 Å². The van der Waals surface area contributed by atoms with Crippen LogP contribution < -0.4 is 15.5 Å². The maximum absolute atomic E-state index is 14.4. The molecule has 5 heterocycles. The van der Waals surface area contributed by atoms with Crippen LogP contribution in [-0.2, 0) is 12.6 Å². The molecule has 2 N–H and O–H groups in total. The maximum atomic E-state index is 14.4. The van der Waals surface area contributed by atoms with Crippen LogP contribution in [0.4, 0.5) is 20.5 Å². The lowest BCUT2D eigenvalue weighted by atomic mass is 9.87. The van der Waals surface area contributed by atoms with Crippen molar-refractivity contribution < 1.29 is 8.78 Å². The van der Waals surface area contributed by atoms with Gasteiger partial charge in [-0.2, -0.15) is 10.2 Å². The fraction of sp³-hybridized carbons (Fsp3) is 0.269. The van der Waals surface area contributed by atoms with Crippen molar-refractivity contribution in [3.05, 3.63) is 84.3 Å². The van der Waals surface area contributed by atoms with Crippen LogP contribution in [0, 0.1) is 11.6 Å². The van der Waals surface area contributed by atoms with E-state index in [1.165, 1.54) is 12.1 Å². The molecule has 1 saturated heterocycles. The van der Waals surface area contributed by atoms with Gasteiger partial charge in [0.25, 0.3) is 0 Å². The molecular formula is C26H26F2N10. The summed E-state index contributed by atoms with van der Waals surface area (Å²) >= 11 is 0. The summed E-state index contributed by atoms with van der Waals surface area (Å²) in [6, 6.07) is 5.45. The first-order chi connectivity index (χ1) is 18.3. The lowest BCUT2D eigenvalue weighted by Gasteiger charge is -2.35. The predicted molar refractivity (Wildman–Crippen MR) is 139 cm³/mol. The molecular weight excluding hydrogens is 490 g/mol. The summed E-state index contributed by atoms with van der Waals surface area (Å²) in [7, 11) is 1.89. The lowest BCUT2D eigenvalue weighted by molar-refractivity contribution is 0.515. The highest BCUT2D eigenvalue weighted by molar-refractivity contribution is 5.77. The molecule has 4 aromatic heterocycles. The van der Waals surface area contributed by atoms with Crippen LogP contribution in [0.5, 0.6) is 0 Å². The summed E-state index contributed by atoms with van der Waals surface area (Å²) in [5.74, 6) is 0.0791. The van der Waals surface area contributed by atoms with Crippen molar-refractivity contribution in [1.82, 2.24) is 34.3 Å². The summed E-state index contributed by atoms with van der Waals surface area (Å²) in [6.07, 6.45) is 10.5. The summed E-state index contributed by atoms with van der Waals surface area (Å²) in [5, 5.41) is 8.64. The van der Waals surface area contributed by atoms with Crippen molar-refractivity contribution in [2.75, 3.05) is 36.0 Å². The normalized spacial score (nSPS) is 15.7. The molecule has 10 nitrogen and oxygen atoms in total. The van der Waals surface area contributed by atoms with Gasteiger partial charge in [-0.1, -0.05) is 6.07 Å². The summed E-state index contributed by atoms with van der Waals surface area (Å²) < 4.78 is 31.3. The van der Waals surface area contributed by atoms with E-state index in [-0.39, 0.29) is 5.56 Å². The molecule has 0 radical (unpaired) electrons. The molecule has 0 aliphatic carbocycles. The number of anilines is 2. The molecule has 5 aromatic rings. The number of halogens is 2. The third-order valence-electron chi connectivity index (χ3n) is 7.01. The zero-order valence-electron chi connectivity index (χ0n) is 21.0.